The minimum absolute atomic E-state index is 0.00637. The summed E-state index contributed by atoms with van der Waals surface area (Å²) in [5, 5.41) is 0. The molecule has 0 unspecified atom stereocenters. The van der Waals surface area contributed by atoms with Gasteiger partial charge >= 0.3 is 0 Å². The van der Waals surface area contributed by atoms with Crippen LogP contribution in [0.15, 0.2) is 206 Å². The number of benzene rings is 8. The lowest BCUT2D eigenvalue weighted by Gasteiger charge is -2.24. The first-order chi connectivity index (χ1) is 40.4. The lowest BCUT2D eigenvalue weighted by Crippen LogP contribution is -2.17. The van der Waals surface area contributed by atoms with E-state index in [0.717, 1.165) is 0 Å². The van der Waals surface area contributed by atoms with Gasteiger partial charge in [-0.2, -0.15) is 0 Å². The van der Waals surface area contributed by atoms with Crippen molar-refractivity contribution >= 4 is 5.57 Å². The molecule has 13 rings (SSSR count). The highest BCUT2D eigenvalue weighted by Crippen LogP contribution is 2.57. The predicted molar refractivity (Wildman–Crippen MR) is 376 cm³/mol. The second-order valence-corrected chi connectivity index (χ2v) is 26.6. The molecule has 5 aliphatic carbocycles. The van der Waals surface area contributed by atoms with E-state index in [-0.39, 0.29) is 21.7 Å². The minimum atomic E-state index is -0.0587. The van der Waals surface area contributed by atoms with Gasteiger partial charge in [0.1, 0.15) is 0 Å². The van der Waals surface area contributed by atoms with Gasteiger partial charge in [0, 0.05) is 21.7 Å². The molecule has 0 nitrogen and oxygen atoms in total. The third-order valence-corrected chi connectivity index (χ3v) is 18.2. The minimum Gasteiger partial charge on any atom is -0.0984 e. The van der Waals surface area contributed by atoms with Crippen molar-refractivity contribution in [1.82, 2.24) is 0 Å². The molecule has 0 N–H and O–H groups in total. The molecule has 0 atom stereocenters. The first-order valence-electron chi connectivity index (χ1n) is 31.7. The van der Waals surface area contributed by atoms with Crippen LogP contribution >= 0.6 is 0 Å². The average Bonchev–Trinajstić information content (AvgIpc) is 1.71. The zero-order chi connectivity index (χ0) is 61.8. The van der Waals surface area contributed by atoms with E-state index in [2.05, 4.69) is 320 Å². The number of hydrogen-bond acceptors (Lipinski definition) is 0. The monoisotopic (exact) mass is 1120 g/mol. The van der Waals surface area contributed by atoms with Gasteiger partial charge in [0.15, 0.2) is 0 Å². The Kier molecular flexibility index (Phi) is 19.4. The van der Waals surface area contributed by atoms with E-state index in [1.54, 1.807) is 0 Å². The van der Waals surface area contributed by atoms with Gasteiger partial charge in [-0.15, -0.1) is 0 Å². The Hall–Kier alpha value is -7.54. The molecule has 438 valence electrons. The second kappa shape index (κ2) is 26.0. The fourth-order valence-electron chi connectivity index (χ4n) is 13.5. The highest BCUT2D eigenvalue weighted by atomic mass is 14.5. The molecular formula is C85H98. The lowest BCUT2D eigenvalue weighted by molar-refractivity contribution is 0.652. The molecule has 0 bridgehead atoms. The van der Waals surface area contributed by atoms with Gasteiger partial charge in [-0.1, -0.05) is 289 Å². The maximum Gasteiger partial charge on any atom is 0.0159 e. The molecular weight excluding hydrogens is 1020 g/mol. The summed E-state index contributed by atoms with van der Waals surface area (Å²) in [6, 6.07) is 57.0. The van der Waals surface area contributed by atoms with E-state index in [0.29, 0.717) is 0 Å². The van der Waals surface area contributed by atoms with Crippen LogP contribution in [-0.4, -0.2) is 0 Å². The van der Waals surface area contributed by atoms with Crippen molar-refractivity contribution in [2.45, 2.75) is 179 Å². The Morgan fingerprint density at radius 1 is 0.388 bits per heavy atom. The quantitative estimate of drug-likeness (QED) is 0.165. The zero-order valence-electron chi connectivity index (χ0n) is 55.4. The SMILES string of the molecule is C=CC1=C(/C=C\C)C(C)(C)c2cc(C)ccc21.CC1=CCCC=C1.CCC.CCC.Cc1ccc2c(c1)C(C)(C)c1cc3c(cc1-2)C(C)(C)c1cc(-c2ccc(C)c(-c4ccccc4C)c2)ccc1-3.Cc1ccc2c(c1)C(C)(C)c1ccccc1-2. The molecule has 5 aliphatic rings. The number of rotatable bonds is 4. The summed E-state index contributed by atoms with van der Waals surface area (Å²) in [7, 11) is 0. The molecule has 0 heteroatoms. The summed E-state index contributed by atoms with van der Waals surface area (Å²) in [5.74, 6) is 0. The Balaban J connectivity index is 0.000000168. The third kappa shape index (κ3) is 12.5. The zero-order valence-corrected chi connectivity index (χ0v) is 55.4. The molecule has 0 fully saturated rings. The van der Waals surface area contributed by atoms with Crippen molar-refractivity contribution in [2.24, 2.45) is 0 Å². The summed E-state index contributed by atoms with van der Waals surface area (Å²) in [6.45, 7) is 46.4. The van der Waals surface area contributed by atoms with Crippen molar-refractivity contribution in [3.63, 3.8) is 0 Å². The van der Waals surface area contributed by atoms with Crippen LogP contribution in [0.25, 0.3) is 61.2 Å². The van der Waals surface area contributed by atoms with E-state index in [9.17, 15) is 0 Å². The van der Waals surface area contributed by atoms with Gasteiger partial charge in [0.2, 0.25) is 0 Å². The number of fused-ring (bicyclic) bond motifs is 10. The van der Waals surface area contributed by atoms with Crippen LogP contribution in [0.1, 0.15) is 195 Å². The molecule has 8 aromatic carbocycles. The van der Waals surface area contributed by atoms with Crippen molar-refractivity contribution in [3.8, 4) is 55.6 Å². The highest BCUT2D eigenvalue weighted by molar-refractivity contribution is 5.92. The van der Waals surface area contributed by atoms with E-state index in [4.69, 9.17) is 0 Å². The van der Waals surface area contributed by atoms with E-state index >= 15 is 0 Å². The van der Waals surface area contributed by atoms with Gasteiger partial charge < -0.3 is 0 Å². The summed E-state index contributed by atoms with van der Waals surface area (Å²) in [5.41, 5.74) is 36.0. The average molecular weight is 1120 g/mol. The van der Waals surface area contributed by atoms with Gasteiger partial charge in [-0.25, -0.2) is 0 Å². The molecule has 0 aliphatic heterocycles. The molecule has 0 spiro atoms. The van der Waals surface area contributed by atoms with Gasteiger partial charge in [0.25, 0.3) is 0 Å². The maximum absolute atomic E-state index is 3.97. The normalized spacial score (nSPS) is 15.6. The highest BCUT2D eigenvalue weighted by Gasteiger charge is 2.42. The Morgan fingerprint density at radius 3 is 1.29 bits per heavy atom. The molecule has 0 saturated heterocycles. The summed E-state index contributed by atoms with van der Waals surface area (Å²) >= 11 is 0. The molecule has 0 aromatic heterocycles. The van der Waals surface area contributed by atoms with Crippen LogP contribution in [0.2, 0.25) is 0 Å². The fourth-order valence-corrected chi connectivity index (χ4v) is 13.5. The van der Waals surface area contributed by atoms with E-state index in [1.807, 2.05) is 6.08 Å². The van der Waals surface area contributed by atoms with Crippen LogP contribution in [0.3, 0.4) is 0 Å². The fraction of sp³-hybridized carbons (Fsp3) is 0.318. The molecule has 8 aromatic rings. The lowest BCUT2D eigenvalue weighted by atomic mass is 9.79. The Labute approximate surface area is 515 Å². The van der Waals surface area contributed by atoms with Crippen molar-refractivity contribution in [1.29, 1.82) is 0 Å². The van der Waals surface area contributed by atoms with Crippen LogP contribution in [-0.2, 0) is 21.7 Å². The molecule has 0 saturated carbocycles. The van der Waals surface area contributed by atoms with Crippen LogP contribution in [0, 0.1) is 34.6 Å². The third-order valence-electron chi connectivity index (χ3n) is 18.2. The number of aryl methyl sites for hydroxylation is 5. The molecule has 0 heterocycles. The summed E-state index contributed by atoms with van der Waals surface area (Å²) in [4.78, 5) is 0. The predicted octanol–water partition coefficient (Wildman–Crippen LogP) is 24.8. The van der Waals surface area contributed by atoms with Crippen LogP contribution in [0.4, 0.5) is 0 Å². The second-order valence-electron chi connectivity index (χ2n) is 26.6. The van der Waals surface area contributed by atoms with Crippen molar-refractivity contribution < 1.29 is 0 Å². The van der Waals surface area contributed by atoms with Crippen molar-refractivity contribution in [2.75, 3.05) is 0 Å². The first kappa shape index (κ1) is 63.5. The summed E-state index contributed by atoms with van der Waals surface area (Å²) < 4.78 is 0. The summed E-state index contributed by atoms with van der Waals surface area (Å²) in [6.07, 6.45) is 17.9. The first-order valence-corrected chi connectivity index (χ1v) is 31.7. The van der Waals surface area contributed by atoms with E-state index in [1.165, 1.54) is 170 Å². The topological polar surface area (TPSA) is 0 Å². The maximum atomic E-state index is 3.97. The molecule has 0 amide bonds. The van der Waals surface area contributed by atoms with E-state index < -0.39 is 0 Å². The van der Waals surface area contributed by atoms with Gasteiger partial charge in [-0.05, 0) is 208 Å². The number of allylic oxidation sites excluding steroid dienone is 9. The largest absolute Gasteiger partial charge is 0.0984 e. The Morgan fingerprint density at radius 2 is 0.800 bits per heavy atom. The van der Waals surface area contributed by atoms with Crippen LogP contribution in [0.5, 0.6) is 0 Å². The van der Waals surface area contributed by atoms with Crippen LogP contribution < -0.4 is 0 Å². The van der Waals surface area contributed by atoms with Crippen molar-refractivity contribution in [3.05, 3.63) is 278 Å². The van der Waals surface area contributed by atoms with Gasteiger partial charge in [-0.3, -0.25) is 0 Å². The molecule has 85 heavy (non-hydrogen) atoms. The smallest absolute Gasteiger partial charge is 0.0159 e. The molecule has 0 radical (unpaired) electrons. The number of hydrogen-bond donors (Lipinski definition) is 0. The van der Waals surface area contributed by atoms with Gasteiger partial charge in [0.05, 0.1) is 0 Å². The Bertz CT molecular complexity index is 3890. The standard InChI is InChI=1S/C39H36.C17H20.C16H16.C7H10.2C3H8/c1-23-12-16-29-32-21-37-33(22-36(32)38(4,5)34(29)18-23)30-17-15-27(20-35(30)39(37,6)7)26-14-13-25(3)31(19-26)28-11-9-8-10-24(28)2;1-6-8-15-13(7-2)14-10-9-12(3)11-16(14)17(15,4)5;1-11-8-9-13-12-6-4-5-7-14(12)16(2,3)15(13)10-11;1-7-5-3-2-4-6-7;2*1-3-2/h8-22H,1-7H3;6-11H,2H2,1,3-5H3;4-10H,1-3H3;3,5-6H,2,4H2,1H3;2*3H2,1-2H3/b;8-6-;;;;.